The van der Waals surface area contributed by atoms with Crippen LogP contribution in [0.5, 0.6) is 0 Å². The van der Waals surface area contributed by atoms with Crippen LogP contribution in [-0.2, 0) is 0 Å². The third kappa shape index (κ3) is 6.94. The maximum Gasteiger partial charge on any atom is 0.191 e. The average Bonchev–Trinajstić information content (AvgIpc) is 2.45. The molecule has 0 amide bonds. The fraction of sp³-hybridized carbons (Fsp3) is 0.611. The number of rotatable bonds is 7. The summed E-state index contributed by atoms with van der Waals surface area (Å²) >= 11 is 0. The van der Waals surface area contributed by atoms with Gasteiger partial charge in [-0.05, 0) is 47.1 Å². The highest BCUT2D eigenvalue weighted by atomic mass is 15.2. The second-order valence-corrected chi connectivity index (χ2v) is 6.65. The number of hydrogen-bond donors (Lipinski definition) is 3. The minimum atomic E-state index is -0.0748. The van der Waals surface area contributed by atoms with Crippen molar-refractivity contribution in [1.29, 1.82) is 0 Å². The van der Waals surface area contributed by atoms with Crippen molar-refractivity contribution in [2.24, 2.45) is 4.99 Å². The van der Waals surface area contributed by atoms with Gasteiger partial charge in [0.25, 0.3) is 0 Å². The van der Waals surface area contributed by atoms with Gasteiger partial charge in [0, 0.05) is 24.2 Å². The Morgan fingerprint density at radius 1 is 1.14 bits per heavy atom. The maximum absolute atomic E-state index is 4.70. The van der Waals surface area contributed by atoms with Gasteiger partial charge in [0.05, 0.1) is 6.54 Å². The SMILES string of the molecule is CCNC(=NCC(C)(C)NC(C)c1ccccc1)NC(C)C. The molecule has 1 unspecified atom stereocenters. The van der Waals surface area contributed by atoms with Gasteiger partial charge in [-0.25, -0.2) is 0 Å². The molecule has 0 heterocycles. The lowest BCUT2D eigenvalue weighted by Gasteiger charge is -2.29. The van der Waals surface area contributed by atoms with Crippen molar-refractivity contribution in [3.63, 3.8) is 0 Å². The average molecular weight is 304 g/mol. The van der Waals surface area contributed by atoms with Crippen molar-refractivity contribution in [3.8, 4) is 0 Å². The lowest BCUT2D eigenvalue weighted by atomic mass is 10.0. The van der Waals surface area contributed by atoms with Crippen LogP contribution in [0.15, 0.2) is 35.3 Å². The Balaban J connectivity index is 2.64. The van der Waals surface area contributed by atoms with Crippen molar-refractivity contribution in [1.82, 2.24) is 16.0 Å². The summed E-state index contributed by atoms with van der Waals surface area (Å²) in [5.74, 6) is 0.875. The van der Waals surface area contributed by atoms with E-state index >= 15 is 0 Å². The van der Waals surface area contributed by atoms with Crippen LogP contribution in [0.3, 0.4) is 0 Å². The molecule has 3 N–H and O–H groups in total. The predicted molar refractivity (Wildman–Crippen MR) is 96.3 cm³/mol. The maximum atomic E-state index is 4.70. The first-order chi connectivity index (χ1) is 10.3. The molecule has 4 heteroatoms. The van der Waals surface area contributed by atoms with E-state index in [1.807, 2.05) is 6.07 Å². The molecule has 0 spiro atoms. The molecule has 0 bridgehead atoms. The Bertz CT molecular complexity index is 451. The first kappa shape index (κ1) is 18.5. The second-order valence-electron chi connectivity index (χ2n) is 6.65. The Kier molecular flexibility index (Phi) is 7.39. The molecule has 124 valence electrons. The van der Waals surface area contributed by atoms with Gasteiger partial charge in [-0.3, -0.25) is 4.99 Å². The summed E-state index contributed by atoms with van der Waals surface area (Å²) in [5, 5.41) is 10.3. The van der Waals surface area contributed by atoms with E-state index in [1.54, 1.807) is 0 Å². The van der Waals surface area contributed by atoms with Gasteiger partial charge in [0.2, 0.25) is 0 Å². The topological polar surface area (TPSA) is 48.5 Å². The Hall–Kier alpha value is -1.55. The van der Waals surface area contributed by atoms with Crippen LogP contribution in [0.2, 0.25) is 0 Å². The quantitative estimate of drug-likeness (QED) is 0.536. The molecule has 1 rings (SSSR count). The summed E-state index contributed by atoms with van der Waals surface area (Å²) in [6.07, 6.45) is 0. The van der Waals surface area contributed by atoms with E-state index in [9.17, 15) is 0 Å². The number of aliphatic imine (C=N–C) groups is 1. The van der Waals surface area contributed by atoms with Gasteiger partial charge in [-0.15, -0.1) is 0 Å². The van der Waals surface area contributed by atoms with Crippen LogP contribution in [0.4, 0.5) is 0 Å². The van der Waals surface area contributed by atoms with E-state index in [0.29, 0.717) is 18.6 Å². The van der Waals surface area contributed by atoms with Crippen LogP contribution in [0.25, 0.3) is 0 Å². The van der Waals surface area contributed by atoms with Crippen LogP contribution >= 0.6 is 0 Å². The van der Waals surface area contributed by atoms with E-state index in [4.69, 9.17) is 4.99 Å². The minimum Gasteiger partial charge on any atom is -0.357 e. The Morgan fingerprint density at radius 3 is 2.32 bits per heavy atom. The molecule has 0 aromatic heterocycles. The molecule has 0 fully saturated rings. The highest BCUT2D eigenvalue weighted by Gasteiger charge is 2.20. The fourth-order valence-corrected chi connectivity index (χ4v) is 2.33. The number of guanidine groups is 1. The molecule has 0 aliphatic rings. The molecule has 0 saturated heterocycles. The van der Waals surface area contributed by atoms with Crippen molar-refractivity contribution >= 4 is 5.96 Å². The third-order valence-electron chi connectivity index (χ3n) is 3.31. The summed E-state index contributed by atoms with van der Waals surface area (Å²) in [7, 11) is 0. The summed E-state index contributed by atoms with van der Waals surface area (Å²) in [4.78, 5) is 4.70. The summed E-state index contributed by atoms with van der Waals surface area (Å²) in [6, 6.07) is 11.2. The zero-order valence-corrected chi connectivity index (χ0v) is 14.9. The summed E-state index contributed by atoms with van der Waals surface area (Å²) in [5.41, 5.74) is 1.22. The van der Waals surface area contributed by atoms with E-state index in [0.717, 1.165) is 12.5 Å². The molecule has 4 nitrogen and oxygen atoms in total. The second kappa shape index (κ2) is 8.79. The third-order valence-corrected chi connectivity index (χ3v) is 3.31. The monoisotopic (exact) mass is 304 g/mol. The fourth-order valence-electron chi connectivity index (χ4n) is 2.33. The predicted octanol–water partition coefficient (Wildman–Crippen LogP) is 3.08. The molecule has 0 saturated carbocycles. The Morgan fingerprint density at radius 2 is 1.77 bits per heavy atom. The minimum absolute atomic E-state index is 0.0748. The zero-order chi connectivity index (χ0) is 16.6. The van der Waals surface area contributed by atoms with Crippen molar-refractivity contribution < 1.29 is 0 Å². The van der Waals surface area contributed by atoms with E-state index < -0.39 is 0 Å². The highest BCUT2D eigenvalue weighted by Crippen LogP contribution is 2.16. The molecule has 0 aliphatic heterocycles. The van der Waals surface area contributed by atoms with E-state index in [2.05, 4.69) is 81.8 Å². The van der Waals surface area contributed by atoms with Crippen molar-refractivity contribution in [2.75, 3.05) is 13.1 Å². The summed E-state index contributed by atoms with van der Waals surface area (Å²) < 4.78 is 0. The van der Waals surface area contributed by atoms with Crippen molar-refractivity contribution in [2.45, 2.75) is 59.2 Å². The number of nitrogens with zero attached hydrogens (tertiary/aromatic N) is 1. The molecule has 1 atom stereocenters. The molecule has 0 radical (unpaired) electrons. The van der Waals surface area contributed by atoms with Gasteiger partial charge in [0.1, 0.15) is 0 Å². The van der Waals surface area contributed by atoms with Gasteiger partial charge in [-0.1, -0.05) is 30.3 Å². The number of nitrogens with one attached hydrogen (secondary N) is 3. The van der Waals surface area contributed by atoms with Crippen LogP contribution < -0.4 is 16.0 Å². The largest absolute Gasteiger partial charge is 0.357 e. The van der Waals surface area contributed by atoms with E-state index in [-0.39, 0.29) is 5.54 Å². The molecular weight excluding hydrogens is 272 g/mol. The lowest BCUT2D eigenvalue weighted by molar-refractivity contribution is 0.356. The van der Waals surface area contributed by atoms with Gasteiger partial charge < -0.3 is 16.0 Å². The molecule has 1 aromatic rings. The number of benzene rings is 1. The molecular formula is C18H32N4. The van der Waals surface area contributed by atoms with E-state index in [1.165, 1.54) is 5.56 Å². The van der Waals surface area contributed by atoms with Gasteiger partial charge in [-0.2, -0.15) is 0 Å². The number of hydrogen-bond acceptors (Lipinski definition) is 2. The zero-order valence-electron chi connectivity index (χ0n) is 14.9. The first-order valence-electron chi connectivity index (χ1n) is 8.21. The van der Waals surface area contributed by atoms with Gasteiger partial charge in [0.15, 0.2) is 5.96 Å². The molecule has 0 aliphatic carbocycles. The highest BCUT2D eigenvalue weighted by molar-refractivity contribution is 5.80. The van der Waals surface area contributed by atoms with Crippen molar-refractivity contribution in [3.05, 3.63) is 35.9 Å². The standard InChI is InChI=1S/C18H32N4/c1-7-19-17(21-14(2)3)20-13-18(5,6)22-15(4)16-11-9-8-10-12-16/h8-12,14-15,22H,7,13H2,1-6H3,(H2,19,20,21). The smallest absolute Gasteiger partial charge is 0.191 e. The lowest BCUT2D eigenvalue weighted by Crippen LogP contribution is -2.46. The normalized spacial score (nSPS) is 14.0. The molecule has 1 aromatic carbocycles. The summed E-state index contributed by atoms with van der Waals surface area (Å²) in [6.45, 7) is 14.5. The van der Waals surface area contributed by atoms with Crippen LogP contribution in [0, 0.1) is 0 Å². The first-order valence-corrected chi connectivity index (χ1v) is 8.21. The Labute approximate surface area is 135 Å². The molecule has 22 heavy (non-hydrogen) atoms. The van der Waals surface area contributed by atoms with Crippen LogP contribution in [-0.4, -0.2) is 30.6 Å². The van der Waals surface area contributed by atoms with Crippen LogP contribution in [0.1, 0.15) is 53.1 Å². The van der Waals surface area contributed by atoms with Gasteiger partial charge >= 0.3 is 0 Å².